The van der Waals surface area contributed by atoms with Gasteiger partial charge < -0.3 is 15.4 Å². The van der Waals surface area contributed by atoms with Gasteiger partial charge in [-0.15, -0.1) is 0 Å². The molecule has 3 nitrogen and oxygen atoms in total. The fourth-order valence-electron chi connectivity index (χ4n) is 3.50. The third-order valence-electron chi connectivity index (χ3n) is 5.06. The standard InChI is InChI=1S/C15H30N2O/c1-2-14-4-3-8-17(9-5-14)13-15(12-16)6-10-18-11-7-15/h14H,2-13,16H2,1H3. The van der Waals surface area contributed by atoms with Gasteiger partial charge in [0.2, 0.25) is 0 Å². The Kier molecular flexibility index (Phi) is 5.46. The first-order valence-corrected chi connectivity index (χ1v) is 7.78. The molecule has 18 heavy (non-hydrogen) atoms. The Bertz CT molecular complexity index is 239. The highest BCUT2D eigenvalue weighted by Crippen LogP contribution is 2.31. The maximum absolute atomic E-state index is 6.07. The molecule has 0 aliphatic carbocycles. The molecule has 2 aliphatic rings. The SMILES string of the molecule is CCC1CCCN(CC2(CN)CCOCC2)CC1. The van der Waals surface area contributed by atoms with Crippen LogP contribution in [0, 0.1) is 11.3 Å². The molecule has 2 heterocycles. The van der Waals surface area contributed by atoms with Crippen molar-refractivity contribution in [3.63, 3.8) is 0 Å². The quantitative estimate of drug-likeness (QED) is 0.836. The Labute approximate surface area is 112 Å². The van der Waals surface area contributed by atoms with Crippen LogP contribution < -0.4 is 5.73 Å². The number of hydrogen-bond donors (Lipinski definition) is 1. The second-order valence-electron chi connectivity index (χ2n) is 6.30. The van der Waals surface area contributed by atoms with Crippen LogP contribution in [-0.4, -0.2) is 44.3 Å². The zero-order valence-corrected chi connectivity index (χ0v) is 12.0. The highest BCUT2D eigenvalue weighted by atomic mass is 16.5. The van der Waals surface area contributed by atoms with Crippen molar-refractivity contribution in [3.8, 4) is 0 Å². The lowest BCUT2D eigenvalue weighted by Crippen LogP contribution is -2.46. The summed E-state index contributed by atoms with van der Waals surface area (Å²) in [6.45, 7) is 8.72. The van der Waals surface area contributed by atoms with Gasteiger partial charge in [-0.25, -0.2) is 0 Å². The topological polar surface area (TPSA) is 38.5 Å². The maximum Gasteiger partial charge on any atom is 0.0472 e. The van der Waals surface area contributed by atoms with Crippen LogP contribution in [0.15, 0.2) is 0 Å². The van der Waals surface area contributed by atoms with Gasteiger partial charge in [-0.3, -0.25) is 0 Å². The summed E-state index contributed by atoms with van der Waals surface area (Å²) < 4.78 is 5.50. The summed E-state index contributed by atoms with van der Waals surface area (Å²) in [6.07, 6.45) is 7.83. The first-order valence-electron chi connectivity index (χ1n) is 7.78. The van der Waals surface area contributed by atoms with E-state index in [-0.39, 0.29) is 0 Å². The average molecular weight is 254 g/mol. The minimum Gasteiger partial charge on any atom is -0.381 e. The first kappa shape index (κ1) is 14.3. The fourth-order valence-corrected chi connectivity index (χ4v) is 3.50. The Morgan fingerprint density at radius 1 is 1.22 bits per heavy atom. The number of hydrogen-bond acceptors (Lipinski definition) is 3. The Hall–Kier alpha value is -0.120. The van der Waals surface area contributed by atoms with Gasteiger partial charge in [-0.2, -0.15) is 0 Å². The van der Waals surface area contributed by atoms with Crippen molar-refractivity contribution in [1.29, 1.82) is 0 Å². The molecule has 2 aliphatic heterocycles. The molecule has 1 unspecified atom stereocenters. The highest BCUT2D eigenvalue weighted by molar-refractivity contribution is 4.87. The van der Waals surface area contributed by atoms with Crippen LogP contribution in [0.4, 0.5) is 0 Å². The molecule has 0 bridgehead atoms. The number of likely N-dealkylation sites (tertiary alicyclic amines) is 1. The molecule has 2 saturated heterocycles. The van der Waals surface area contributed by atoms with Crippen LogP contribution in [0.25, 0.3) is 0 Å². The van der Waals surface area contributed by atoms with Gasteiger partial charge in [-0.1, -0.05) is 13.3 Å². The molecular weight excluding hydrogens is 224 g/mol. The predicted molar refractivity (Wildman–Crippen MR) is 75.6 cm³/mol. The summed E-state index contributed by atoms with van der Waals surface area (Å²) >= 11 is 0. The molecule has 0 saturated carbocycles. The molecule has 1 atom stereocenters. The zero-order chi connectivity index (χ0) is 12.8. The predicted octanol–water partition coefficient (Wildman–Crippen LogP) is 2.25. The normalized spacial score (nSPS) is 30.0. The van der Waals surface area contributed by atoms with Crippen LogP contribution in [0.2, 0.25) is 0 Å². The van der Waals surface area contributed by atoms with E-state index < -0.39 is 0 Å². The summed E-state index contributed by atoms with van der Waals surface area (Å²) in [5.74, 6) is 0.957. The largest absolute Gasteiger partial charge is 0.381 e. The molecule has 0 aromatic carbocycles. The number of rotatable bonds is 4. The van der Waals surface area contributed by atoms with Gasteiger partial charge in [0.1, 0.15) is 0 Å². The maximum atomic E-state index is 6.07. The van der Waals surface area contributed by atoms with Crippen molar-refractivity contribution in [1.82, 2.24) is 4.90 Å². The van der Waals surface area contributed by atoms with Gasteiger partial charge >= 0.3 is 0 Å². The molecular formula is C15H30N2O. The molecule has 3 heteroatoms. The third kappa shape index (κ3) is 3.69. The van der Waals surface area contributed by atoms with E-state index in [0.29, 0.717) is 5.41 Å². The van der Waals surface area contributed by atoms with Crippen molar-refractivity contribution in [2.24, 2.45) is 17.1 Å². The van der Waals surface area contributed by atoms with E-state index in [4.69, 9.17) is 10.5 Å². The highest BCUT2D eigenvalue weighted by Gasteiger charge is 2.33. The van der Waals surface area contributed by atoms with Gasteiger partial charge in [0.25, 0.3) is 0 Å². The molecule has 0 aromatic rings. The summed E-state index contributed by atoms with van der Waals surface area (Å²) in [5.41, 5.74) is 6.40. The molecule has 2 N–H and O–H groups in total. The van der Waals surface area contributed by atoms with E-state index in [1.165, 1.54) is 45.3 Å². The molecule has 2 fully saturated rings. The van der Waals surface area contributed by atoms with Gasteiger partial charge in [0.15, 0.2) is 0 Å². The number of ether oxygens (including phenoxy) is 1. The average Bonchev–Trinajstić information content (AvgIpc) is 2.65. The minimum atomic E-state index is 0.338. The van der Waals surface area contributed by atoms with Crippen molar-refractivity contribution >= 4 is 0 Å². The van der Waals surface area contributed by atoms with E-state index in [0.717, 1.165) is 38.5 Å². The second kappa shape index (κ2) is 6.88. The van der Waals surface area contributed by atoms with Gasteiger partial charge in [0, 0.05) is 19.8 Å². The van der Waals surface area contributed by atoms with E-state index in [9.17, 15) is 0 Å². The van der Waals surface area contributed by atoms with Crippen molar-refractivity contribution in [2.75, 3.05) is 39.4 Å². The van der Waals surface area contributed by atoms with E-state index in [1.807, 2.05) is 0 Å². The lowest BCUT2D eigenvalue weighted by molar-refractivity contribution is 0.000234. The Morgan fingerprint density at radius 3 is 2.67 bits per heavy atom. The molecule has 0 radical (unpaired) electrons. The van der Waals surface area contributed by atoms with Gasteiger partial charge in [0.05, 0.1) is 0 Å². The molecule has 0 amide bonds. The van der Waals surface area contributed by atoms with Gasteiger partial charge in [-0.05, 0) is 63.1 Å². The molecule has 0 aromatic heterocycles. The Balaban J connectivity index is 1.87. The molecule has 0 spiro atoms. The van der Waals surface area contributed by atoms with Crippen LogP contribution in [-0.2, 0) is 4.74 Å². The third-order valence-corrected chi connectivity index (χ3v) is 5.06. The van der Waals surface area contributed by atoms with Crippen molar-refractivity contribution < 1.29 is 4.74 Å². The van der Waals surface area contributed by atoms with E-state index in [1.54, 1.807) is 0 Å². The first-order chi connectivity index (χ1) is 8.78. The van der Waals surface area contributed by atoms with Crippen LogP contribution in [0.3, 0.4) is 0 Å². The Morgan fingerprint density at radius 2 is 2.00 bits per heavy atom. The summed E-state index contributed by atoms with van der Waals surface area (Å²) in [7, 11) is 0. The zero-order valence-electron chi connectivity index (χ0n) is 12.0. The number of nitrogens with two attached hydrogens (primary N) is 1. The van der Waals surface area contributed by atoms with E-state index in [2.05, 4.69) is 11.8 Å². The lowest BCUT2D eigenvalue weighted by Gasteiger charge is -2.40. The second-order valence-corrected chi connectivity index (χ2v) is 6.30. The number of nitrogens with zero attached hydrogens (tertiary/aromatic N) is 1. The van der Waals surface area contributed by atoms with E-state index >= 15 is 0 Å². The summed E-state index contributed by atoms with van der Waals surface area (Å²) in [4.78, 5) is 2.67. The van der Waals surface area contributed by atoms with Crippen LogP contribution in [0.1, 0.15) is 45.4 Å². The van der Waals surface area contributed by atoms with Crippen LogP contribution >= 0.6 is 0 Å². The van der Waals surface area contributed by atoms with Crippen LogP contribution in [0.5, 0.6) is 0 Å². The molecule has 2 rings (SSSR count). The monoisotopic (exact) mass is 254 g/mol. The fraction of sp³-hybridized carbons (Fsp3) is 1.00. The van der Waals surface area contributed by atoms with Crippen molar-refractivity contribution in [2.45, 2.75) is 45.4 Å². The smallest absolute Gasteiger partial charge is 0.0472 e. The summed E-state index contributed by atoms with van der Waals surface area (Å²) in [5, 5.41) is 0. The lowest BCUT2D eigenvalue weighted by atomic mass is 9.79. The summed E-state index contributed by atoms with van der Waals surface area (Å²) in [6, 6.07) is 0. The molecule has 106 valence electrons. The van der Waals surface area contributed by atoms with Crippen molar-refractivity contribution in [3.05, 3.63) is 0 Å². The minimum absolute atomic E-state index is 0.338.